The molecule has 3 N–H and O–H groups in total. The summed E-state index contributed by atoms with van der Waals surface area (Å²) in [5.74, 6) is -0.523. The van der Waals surface area contributed by atoms with Gasteiger partial charge >= 0.3 is 5.97 Å². The van der Waals surface area contributed by atoms with Crippen LogP contribution in [0.1, 0.15) is 19.8 Å². The van der Waals surface area contributed by atoms with Gasteiger partial charge in [0.25, 0.3) is 0 Å². The molecule has 1 aromatic heterocycles. The third kappa shape index (κ3) is 3.15. The van der Waals surface area contributed by atoms with Crippen LogP contribution in [0.2, 0.25) is 0 Å². The summed E-state index contributed by atoms with van der Waals surface area (Å²) in [7, 11) is 1.76. The number of β-lactam (4-membered cyclic amide) rings is 1. The lowest BCUT2D eigenvalue weighted by Gasteiger charge is -2.44. The molecule has 0 saturated carbocycles. The number of amides is 1. The Labute approximate surface area is 164 Å². The number of hydrogen-bond acceptors (Lipinski definition) is 9. The molecular weight excluding hydrogens is 386 g/mol. The summed E-state index contributed by atoms with van der Waals surface area (Å²) in [4.78, 5) is 29.8. The zero-order valence-electron chi connectivity index (χ0n) is 15.4. The van der Waals surface area contributed by atoms with Gasteiger partial charge in [-0.05, 0) is 35.8 Å². The second-order valence-electron chi connectivity index (χ2n) is 7.21. The molecule has 0 spiro atoms. The number of aliphatic hydroxyl groups is 1. The second kappa shape index (κ2) is 7.17. The van der Waals surface area contributed by atoms with E-state index >= 15 is 0 Å². The highest BCUT2D eigenvalue weighted by Crippen LogP contribution is 2.44. The van der Waals surface area contributed by atoms with E-state index in [2.05, 4.69) is 25.8 Å². The minimum absolute atomic E-state index is 0.0172. The Balaban J connectivity index is 1.38. The van der Waals surface area contributed by atoms with Crippen LogP contribution in [0.3, 0.4) is 0 Å². The van der Waals surface area contributed by atoms with Gasteiger partial charge in [0, 0.05) is 7.05 Å². The third-order valence-corrected chi connectivity index (χ3v) is 6.33. The van der Waals surface area contributed by atoms with Crippen LogP contribution in [-0.2, 0) is 16.6 Å². The lowest BCUT2D eigenvalue weighted by molar-refractivity contribution is -0.161. The zero-order chi connectivity index (χ0) is 20.0. The Hall–Kier alpha value is -2.47. The number of carboxylic acids is 1. The Morgan fingerprint density at radius 2 is 2.25 bits per heavy atom. The first kappa shape index (κ1) is 18.9. The number of aliphatic hydroxyl groups excluding tert-OH is 1. The van der Waals surface area contributed by atoms with Crippen molar-refractivity contribution < 1.29 is 19.8 Å². The molecule has 0 bridgehead atoms. The van der Waals surface area contributed by atoms with E-state index < -0.39 is 18.0 Å². The van der Waals surface area contributed by atoms with E-state index in [9.17, 15) is 19.8 Å². The van der Waals surface area contributed by atoms with Gasteiger partial charge in [-0.3, -0.25) is 9.79 Å². The average Bonchev–Trinajstić information content (AvgIpc) is 3.31. The van der Waals surface area contributed by atoms with Crippen LogP contribution in [0.25, 0.3) is 0 Å². The van der Waals surface area contributed by atoms with Gasteiger partial charge in [-0.1, -0.05) is 11.8 Å². The SMILES string of the molecule is C[C@@H](O)[C@H]1C(=O)N2C(C(=O)O)=C(C[C@@H]3CN=C(CSc4nnnn4C)N3)C[C@H]12. The van der Waals surface area contributed by atoms with Crippen LogP contribution in [-0.4, -0.2) is 83.5 Å². The first-order valence-electron chi connectivity index (χ1n) is 8.98. The van der Waals surface area contributed by atoms with Gasteiger partial charge in [-0.25, -0.2) is 9.48 Å². The molecule has 1 fully saturated rings. The first-order valence-corrected chi connectivity index (χ1v) is 9.96. The van der Waals surface area contributed by atoms with E-state index in [1.54, 1.807) is 18.7 Å². The van der Waals surface area contributed by atoms with Crippen LogP contribution in [0, 0.1) is 5.92 Å². The Bertz CT molecular complexity index is 880. The average molecular weight is 407 g/mol. The minimum atomic E-state index is -1.10. The predicted octanol–water partition coefficient (Wildman–Crippen LogP) is -0.987. The van der Waals surface area contributed by atoms with Gasteiger partial charge < -0.3 is 20.4 Å². The van der Waals surface area contributed by atoms with Crippen molar-refractivity contribution in [2.75, 3.05) is 12.3 Å². The molecule has 1 aromatic rings. The van der Waals surface area contributed by atoms with E-state index in [1.165, 1.54) is 16.7 Å². The molecule has 4 atom stereocenters. The second-order valence-corrected chi connectivity index (χ2v) is 8.15. The lowest BCUT2D eigenvalue weighted by atomic mass is 9.82. The maximum Gasteiger partial charge on any atom is 0.352 e. The van der Waals surface area contributed by atoms with Gasteiger partial charge in [0.2, 0.25) is 11.1 Å². The molecule has 4 heterocycles. The zero-order valence-corrected chi connectivity index (χ0v) is 16.3. The highest BCUT2D eigenvalue weighted by atomic mass is 32.2. The molecule has 0 unspecified atom stereocenters. The normalized spacial score (nSPS) is 27.4. The van der Waals surface area contributed by atoms with E-state index in [0.717, 1.165) is 11.4 Å². The largest absolute Gasteiger partial charge is 0.477 e. The number of rotatable bonds is 7. The Morgan fingerprint density at radius 1 is 1.46 bits per heavy atom. The topological polar surface area (TPSA) is 146 Å². The maximum absolute atomic E-state index is 12.3. The molecular formula is C16H21N7O4S. The Kier molecular flexibility index (Phi) is 4.83. The van der Waals surface area contributed by atoms with Crippen molar-refractivity contribution in [2.45, 2.75) is 43.1 Å². The predicted molar refractivity (Wildman–Crippen MR) is 98.4 cm³/mol. The number of aromatic nitrogens is 4. The van der Waals surface area contributed by atoms with Crippen molar-refractivity contribution in [1.82, 2.24) is 30.4 Å². The van der Waals surface area contributed by atoms with E-state index in [4.69, 9.17) is 0 Å². The number of thioether (sulfide) groups is 1. The number of carboxylic acid groups (broad SMARTS) is 1. The first-order chi connectivity index (χ1) is 13.4. The van der Waals surface area contributed by atoms with Crippen molar-refractivity contribution >= 4 is 29.5 Å². The van der Waals surface area contributed by atoms with Crippen molar-refractivity contribution in [3.8, 4) is 0 Å². The van der Waals surface area contributed by atoms with Gasteiger partial charge in [-0.2, -0.15) is 0 Å². The number of amidine groups is 1. The van der Waals surface area contributed by atoms with Gasteiger partial charge in [0.15, 0.2) is 0 Å². The number of nitrogens with zero attached hydrogens (tertiary/aromatic N) is 6. The number of tetrazole rings is 1. The van der Waals surface area contributed by atoms with Gasteiger partial charge in [-0.15, -0.1) is 5.10 Å². The van der Waals surface area contributed by atoms with Crippen molar-refractivity contribution in [1.29, 1.82) is 0 Å². The molecule has 3 aliphatic heterocycles. The standard InChI is InChI=1S/C16H21N7O4S/c1-7(24)12-10-4-8(13(15(26)27)23(10)14(12)25)3-9-5-17-11(18-9)6-28-16-19-20-21-22(16)2/h7,9-10,12,24H,3-6H2,1-2H3,(H,17,18)(H,26,27)/t7-,9-,10-,12-/m1/s1. The molecule has 3 aliphatic rings. The molecule has 28 heavy (non-hydrogen) atoms. The van der Waals surface area contributed by atoms with E-state index in [-0.39, 0.29) is 23.7 Å². The number of fused-ring (bicyclic) bond motifs is 1. The number of hydrogen-bond donors (Lipinski definition) is 3. The number of aliphatic imine (C=N–C) groups is 1. The highest BCUT2D eigenvalue weighted by Gasteiger charge is 2.56. The van der Waals surface area contributed by atoms with E-state index in [0.29, 0.717) is 30.3 Å². The van der Waals surface area contributed by atoms with Crippen LogP contribution < -0.4 is 5.32 Å². The lowest BCUT2D eigenvalue weighted by Crippen LogP contribution is -2.61. The van der Waals surface area contributed by atoms with Crippen LogP contribution in [0.5, 0.6) is 0 Å². The monoisotopic (exact) mass is 407 g/mol. The van der Waals surface area contributed by atoms with Gasteiger partial charge in [0.05, 0.1) is 36.4 Å². The molecule has 12 heteroatoms. The summed E-state index contributed by atoms with van der Waals surface area (Å²) in [6, 6.07) is -0.272. The molecule has 4 rings (SSSR count). The molecule has 1 saturated heterocycles. The molecule has 150 valence electrons. The third-order valence-electron chi connectivity index (χ3n) is 5.31. The summed E-state index contributed by atoms with van der Waals surface area (Å²) in [6.07, 6.45) is 0.197. The van der Waals surface area contributed by atoms with Gasteiger partial charge in [0.1, 0.15) is 11.5 Å². The summed E-state index contributed by atoms with van der Waals surface area (Å²) in [6.45, 7) is 2.11. The summed E-state index contributed by atoms with van der Waals surface area (Å²) >= 11 is 1.46. The summed E-state index contributed by atoms with van der Waals surface area (Å²) in [5.41, 5.74) is 0.801. The van der Waals surface area contributed by atoms with Crippen molar-refractivity contribution in [3.05, 3.63) is 11.3 Å². The number of aryl methyl sites for hydroxylation is 1. The number of nitrogens with one attached hydrogen (secondary N) is 1. The van der Waals surface area contributed by atoms with Crippen molar-refractivity contribution in [3.63, 3.8) is 0 Å². The fraction of sp³-hybridized carbons (Fsp3) is 0.625. The molecule has 11 nitrogen and oxygen atoms in total. The summed E-state index contributed by atoms with van der Waals surface area (Å²) < 4.78 is 1.58. The van der Waals surface area contributed by atoms with Crippen molar-refractivity contribution in [2.24, 2.45) is 18.0 Å². The molecule has 0 radical (unpaired) electrons. The summed E-state index contributed by atoms with van der Waals surface area (Å²) in [5, 5.41) is 34.7. The molecule has 0 aliphatic carbocycles. The fourth-order valence-electron chi connectivity index (χ4n) is 4.07. The smallest absolute Gasteiger partial charge is 0.352 e. The Morgan fingerprint density at radius 3 is 2.89 bits per heavy atom. The molecule has 1 amide bonds. The van der Waals surface area contributed by atoms with Crippen LogP contribution >= 0.6 is 11.8 Å². The number of carbonyl (C=O) groups is 2. The molecule has 0 aromatic carbocycles. The maximum atomic E-state index is 12.3. The minimum Gasteiger partial charge on any atom is -0.477 e. The highest BCUT2D eigenvalue weighted by molar-refractivity contribution is 7.99. The van der Waals surface area contributed by atoms with Crippen LogP contribution in [0.15, 0.2) is 21.4 Å². The quantitative estimate of drug-likeness (QED) is 0.383. The van der Waals surface area contributed by atoms with E-state index in [1.807, 2.05) is 0 Å². The fourth-order valence-corrected chi connectivity index (χ4v) is 4.83. The number of carbonyl (C=O) groups excluding carboxylic acids is 1. The van der Waals surface area contributed by atoms with Crippen LogP contribution in [0.4, 0.5) is 0 Å². The number of aliphatic carboxylic acids is 1.